The van der Waals surface area contributed by atoms with Gasteiger partial charge in [-0.25, -0.2) is 4.99 Å². The van der Waals surface area contributed by atoms with Gasteiger partial charge in [-0.2, -0.15) is 5.10 Å². The molecular formula is C21H40IN5O3. The Balaban J connectivity index is 0.00000450. The van der Waals surface area contributed by atoms with Crippen LogP contribution in [0.4, 0.5) is 0 Å². The molecule has 1 fully saturated rings. The maximum Gasteiger partial charge on any atom is 0.191 e. The highest BCUT2D eigenvalue weighted by Crippen LogP contribution is 2.15. The molecule has 0 unspecified atom stereocenters. The Hall–Kier alpha value is -0.910. The van der Waals surface area contributed by atoms with Gasteiger partial charge in [-0.15, -0.1) is 24.0 Å². The van der Waals surface area contributed by atoms with Gasteiger partial charge in [0.25, 0.3) is 0 Å². The van der Waals surface area contributed by atoms with Crippen LogP contribution in [0.3, 0.4) is 0 Å². The van der Waals surface area contributed by atoms with Crippen LogP contribution in [-0.4, -0.2) is 69.0 Å². The molecule has 2 rings (SSSR count). The first kappa shape index (κ1) is 27.1. The number of nitrogens with one attached hydrogen (secondary N) is 2. The fraction of sp³-hybridized carbons (Fsp3) is 0.810. The molecule has 0 aromatic carbocycles. The topological polar surface area (TPSA) is 81.9 Å². The molecule has 9 heteroatoms. The molecule has 0 saturated carbocycles. The first-order chi connectivity index (χ1) is 14.2. The largest absolute Gasteiger partial charge is 0.383 e. The fourth-order valence-electron chi connectivity index (χ4n) is 3.40. The summed E-state index contributed by atoms with van der Waals surface area (Å²) in [6.07, 6.45) is 3.20. The van der Waals surface area contributed by atoms with Crippen molar-refractivity contribution < 1.29 is 14.2 Å². The van der Waals surface area contributed by atoms with E-state index in [1.54, 1.807) is 7.11 Å². The first-order valence-corrected chi connectivity index (χ1v) is 10.8. The van der Waals surface area contributed by atoms with E-state index in [-0.39, 0.29) is 24.0 Å². The van der Waals surface area contributed by atoms with E-state index in [9.17, 15) is 0 Å². The van der Waals surface area contributed by atoms with Crippen LogP contribution in [-0.2, 0) is 27.3 Å². The average Bonchev–Trinajstić information content (AvgIpc) is 3.00. The molecule has 1 aliphatic rings. The summed E-state index contributed by atoms with van der Waals surface area (Å²) in [4.78, 5) is 4.75. The van der Waals surface area contributed by atoms with Crippen molar-refractivity contribution in [3.05, 3.63) is 17.0 Å². The van der Waals surface area contributed by atoms with Crippen molar-refractivity contribution in [3.63, 3.8) is 0 Å². The predicted octanol–water partition coefficient (Wildman–Crippen LogP) is 2.65. The van der Waals surface area contributed by atoms with Gasteiger partial charge < -0.3 is 24.8 Å². The van der Waals surface area contributed by atoms with E-state index in [1.165, 1.54) is 5.56 Å². The second-order valence-corrected chi connectivity index (χ2v) is 7.47. The molecule has 0 atom stereocenters. The highest BCUT2D eigenvalue weighted by atomic mass is 127. The molecule has 30 heavy (non-hydrogen) atoms. The Labute approximate surface area is 198 Å². The Morgan fingerprint density at radius 3 is 2.70 bits per heavy atom. The quantitative estimate of drug-likeness (QED) is 0.185. The van der Waals surface area contributed by atoms with Gasteiger partial charge in [0.05, 0.1) is 25.4 Å². The van der Waals surface area contributed by atoms with Gasteiger partial charge in [-0.05, 0) is 46.0 Å². The zero-order valence-electron chi connectivity index (χ0n) is 19.0. The van der Waals surface area contributed by atoms with E-state index < -0.39 is 0 Å². The minimum absolute atomic E-state index is 0. The van der Waals surface area contributed by atoms with E-state index in [0.717, 1.165) is 82.7 Å². The number of aromatic nitrogens is 2. The number of methoxy groups -OCH3 is 1. The zero-order chi connectivity index (χ0) is 20.9. The lowest BCUT2D eigenvalue weighted by molar-refractivity contribution is 0.0203. The maximum absolute atomic E-state index is 5.83. The molecular weight excluding hydrogens is 497 g/mol. The first-order valence-electron chi connectivity index (χ1n) is 10.8. The summed E-state index contributed by atoms with van der Waals surface area (Å²) in [7, 11) is 1.71. The lowest BCUT2D eigenvalue weighted by Gasteiger charge is -2.21. The summed E-state index contributed by atoms with van der Waals surface area (Å²) in [5.74, 6) is 1.49. The summed E-state index contributed by atoms with van der Waals surface area (Å²) in [5.41, 5.74) is 3.36. The number of aryl methyl sites for hydroxylation is 1. The molecule has 0 bridgehead atoms. The number of rotatable bonds is 12. The van der Waals surface area contributed by atoms with Crippen molar-refractivity contribution in [1.82, 2.24) is 20.4 Å². The van der Waals surface area contributed by atoms with Crippen LogP contribution < -0.4 is 10.6 Å². The minimum atomic E-state index is 0. The molecule has 0 amide bonds. The van der Waals surface area contributed by atoms with Crippen LogP contribution in [0.15, 0.2) is 4.99 Å². The van der Waals surface area contributed by atoms with Crippen LogP contribution in [0.25, 0.3) is 0 Å². The Bertz CT molecular complexity index is 618. The van der Waals surface area contributed by atoms with Crippen LogP contribution in [0.2, 0.25) is 0 Å². The van der Waals surface area contributed by atoms with Crippen molar-refractivity contribution in [3.8, 4) is 0 Å². The summed E-state index contributed by atoms with van der Waals surface area (Å²) < 4.78 is 18.4. The average molecular weight is 537 g/mol. The highest BCUT2D eigenvalue weighted by molar-refractivity contribution is 14.0. The highest BCUT2D eigenvalue weighted by Gasteiger charge is 2.13. The van der Waals surface area contributed by atoms with Crippen molar-refractivity contribution >= 4 is 29.9 Å². The second-order valence-electron chi connectivity index (χ2n) is 7.47. The molecule has 8 nitrogen and oxygen atoms in total. The SMILES string of the molecule is CCNC(=NCc1c(C)nn(CCOC)c1C)NCCCOCC1CCOCC1.I. The number of halogens is 1. The Morgan fingerprint density at radius 2 is 2.00 bits per heavy atom. The monoisotopic (exact) mass is 537 g/mol. The predicted molar refractivity (Wildman–Crippen MR) is 131 cm³/mol. The van der Waals surface area contributed by atoms with Gasteiger partial charge in [0.2, 0.25) is 0 Å². The fourth-order valence-corrected chi connectivity index (χ4v) is 3.40. The third kappa shape index (κ3) is 9.49. The van der Waals surface area contributed by atoms with Gasteiger partial charge in [0.1, 0.15) is 0 Å². The Morgan fingerprint density at radius 1 is 1.23 bits per heavy atom. The van der Waals surface area contributed by atoms with Crippen molar-refractivity contribution in [1.29, 1.82) is 0 Å². The molecule has 1 aromatic heterocycles. The molecule has 0 radical (unpaired) electrons. The molecule has 1 aliphatic heterocycles. The standard InChI is InChI=1S/C21H39N5O3.HI/c1-5-22-21(23-9-6-11-29-16-19-7-12-28-13-8-19)24-15-20-17(2)25-26(18(20)3)10-14-27-4;/h19H,5-16H2,1-4H3,(H2,22,23,24);1H. The second kappa shape index (κ2) is 15.8. The third-order valence-electron chi connectivity index (χ3n) is 5.23. The molecule has 2 N–H and O–H groups in total. The van der Waals surface area contributed by atoms with Crippen LogP contribution in [0, 0.1) is 19.8 Å². The van der Waals surface area contributed by atoms with E-state index in [0.29, 0.717) is 19.1 Å². The summed E-state index contributed by atoms with van der Waals surface area (Å²) >= 11 is 0. The Kier molecular flexibility index (Phi) is 14.3. The molecule has 0 aliphatic carbocycles. The lowest BCUT2D eigenvalue weighted by atomic mass is 10.0. The van der Waals surface area contributed by atoms with Gasteiger partial charge in [0, 0.05) is 57.9 Å². The van der Waals surface area contributed by atoms with Crippen LogP contribution in [0.1, 0.15) is 43.1 Å². The molecule has 1 saturated heterocycles. The van der Waals surface area contributed by atoms with E-state index in [2.05, 4.69) is 29.6 Å². The number of aliphatic imine (C=N–C) groups is 1. The number of hydrogen-bond acceptors (Lipinski definition) is 5. The van der Waals surface area contributed by atoms with Crippen molar-refractivity contribution in [2.24, 2.45) is 10.9 Å². The molecule has 174 valence electrons. The van der Waals surface area contributed by atoms with E-state index >= 15 is 0 Å². The maximum atomic E-state index is 5.83. The zero-order valence-corrected chi connectivity index (χ0v) is 21.4. The van der Waals surface area contributed by atoms with E-state index in [4.69, 9.17) is 19.2 Å². The van der Waals surface area contributed by atoms with Gasteiger partial charge in [-0.1, -0.05) is 0 Å². The molecule has 1 aromatic rings. The smallest absolute Gasteiger partial charge is 0.191 e. The van der Waals surface area contributed by atoms with Crippen LogP contribution in [0.5, 0.6) is 0 Å². The molecule has 2 heterocycles. The summed E-state index contributed by atoms with van der Waals surface area (Å²) in [6, 6.07) is 0. The van der Waals surface area contributed by atoms with Crippen molar-refractivity contribution in [2.75, 3.05) is 53.2 Å². The third-order valence-corrected chi connectivity index (χ3v) is 5.23. The number of guanidine groups is 1. The normalized spacial score (nSPS) is 15.1. The van der Waals surface area contributed by atoms with Crippen LogP contribution >= 0.6 is 24.0 Å². The van der Waals surface area contributed by atoms with Gasteiger partial charge >= 0.3 is 0 Å². The van der Waals surface area contributed by atoms with Gasteiger partial charge in [0.15, 0.2) is 5.96 Å². The minimum Gasteiger partial charge on any atom is -0.383 e. The number of hydrogen-bond donors (Lipinski definition) is 2. The van der Waals surface area contributed by atoms with Gasteiger partial charge in [-0.3, -0.25) is 4.68 Å². The lowest BCUT2D eigenvalue weighted by Crippen LogP contribution is -2.38. The number of ether oxygens (including phenoxy) is 3. The van der Waals surface area contributed by atoms with Crippen molar-refractivity contribution in [2.45, 2.75) is 53.1 Å². The summed E-state index contributed by atoms with van der Waals surface area (Å²) in [6.45, 7) is 13.3. The summed E-state index contributed by atoms with van der Waals surface area (Å²) in [5, 5.41) is 11.3. The number of nitrogens with zero attached hydrogens (tertiary/aromatic N) is 3. The molecule has 0 spiro atoms. The van der Waals surface area contributed by atoms with E-state index in [1.807, 2.05) is 11.6 Å².